The second kappa shape index (κ2) is 6.43. The topological polar surface area (TPSA) is 54.0 Å². The lowest BCUT2D eigenvalue weighted by Gasteiger charge is -2.10. The van der Waals surface area contributed by atoms with E-state index in [1.165, 1.54) is 6.20 Å². The van der Waals surface area contributed by atoms with Gasteiger partial charge in [-0.3, -0.25) is 4.79 Å². The largest absolute Gasteiger partial charge is 0.373 e. The Morgan fingerprint density at radius 3 is 2.75 bits per heavy atom. The number of halogens is 3. The molecule has 0 saturated carbocycles. The van der Waals surface area contributed by atoms with E-state index in [0.29, 0.717) is 26.6 Å². The lowest BCUT2D eigenvalue weighted by atomic mass is 10.2. The molecule has 0 saturated heterocycles. The second-order valence-electron chi connectivity index (χ2n) is 3.85. The first-order valence-electron chi connectivity index (χ1n) is 5.61. The van der Waals surface area contributed by atoms with Crippen molar-refractivity contribution >= 4 is 56.5 Å². The maximum Gasteiger partial charge on any atom is 0.257 e. The number of pyridine rings is 1. The smallest absolute Gasteiger partial charge is 0.257 e. The molecule has 1 aromatic carbocycles. The highest BCUT2D eigenvalue weighted by Gasteiger charge is 2.14. The van der Waals surface area contributed by atoms with Gasteiger partial charge >= 0.3 is 0 Å². The average Bonchev–Trinajstić information content (AvgIpc) is 2.44. The molecule has 0 aliphatic carbocycles. The van der Waals surface area contributed by atoms with Gasteiger partial charge in [-0.05, 0) is 34.1 Å². The highest BCUT2D eigenvalue weighted by molar-refractivity contribution is 9.10. The van der Waals surface area contributed by atoms with Gasteiger partial charge in [-0.2, -0.15) is 0 Å². The van der Waals surface area contributed by atoms with Gasteiger partial charge in [0.05, 0.1) is 25.8 Å². The third-order valence-electron chi connectivity index (χ3n) is 2.56. The Balaban J connectivity index is 2.30. The van der Waals surface area contributed by atoms with Gasteiger partial charge < -0.3 is 10.6 Å². The highest BCUT2D eigenvalue weighted by Crippen LogP contribution is 2.30. The molecular weight excluding hydrogens is 365 g/mol. The van der Waals surface area contributed by atoms with Crippen molar-refractivity contribution in [3.8, 4) is 0 Å². The van der Waals surface area contributed by atoms with Crippen LogP contribution in [0.1, 0.15) is 10.4 Å². The number of hydrogen-bond acceptors (Lipinski definition) is 3. The molecule has 2 aromatic rings. The summed E-state index contributed by atoms with van der Waals surface area (Å²) < 4.78 is 0.619. The van der Waals surface area contributed by atoms with Crippen molar-refractivity contribution in [2.45, 2.75) is 0 Å². The van der Waals surface area contributed by atoms with Gasteiger partial charge in [-0.1, -0.05) is 29.3 Å². The standard InChI is InChI=1S/C13H10BrCl2N3O/c1-17-11-5-7(9(16)6-18-11)13(20)19-10-4-2-3-8(15)12(10)14/h2-6H,1H3,(H,17,18)(H,19,20). The maximum atomic E-state index is 12.3. The fourth-order valence-corrected chi connectivity index (χ4v) is 2.27. The Kier molecular flexibility index (Phi) is 4.86. The molecule has 104 valence electrons. The van der Waals surface area contributed by atoms with Gasteiger partial charge in [0.1, 0.15) is 5.82 Å². The lowest BCUT2D eigenvalue weighted by Crippen LogP contribution is -2.13. The number of carbonyl (C=O) groups excluding carboxylic acids is 1. The monoisotopic (exact) mass is 373 g/mol. The van der Waals surface area contributed by atoms with Gasteiger partial charge in [0.15, 0.2) is 0 Å². The molecule has 1 heterocycles. The van der Waals surface area contributed by atoms with E-state index >= 15 is 0 Å². The minimum absolute atomic E-state index is 0.277. The van der Waals surface area contributed by atoms with Crippen LogP contribution in [0.15, 0.2) is 34.9 Å². The molecule has 0 unspecified atom stereocenters. The summed E-state index contributed by atoms with van der Waals surface area (Å²) in [7, 11) is 1.71. The van der Waals surface area contributed by atoms with Crippen molar-refractivity contribution in [2.24, 2.45) is 0 Å². The molecule has 2 N–H and O–H groups in total. The molecule has 4 nitrogen and oxygen atoms in total. The number of nitrogens with one attached hydrogen (secondary N) is 2. The van der Waals surface area contributed by atoms with Gasteiger partial charge in [-0.15, -0.1) is 0 Å². The number of benzene rings is 1. The summed E-state index contributed by atoms with van der Waals surface area (Å²) in [6, 6.07) is 6.79. The van der Waals surface area contributed by atoms with Crippen molar-refractivity contribution in [3.05, 3.63) is 50.5 Å². The zero-order chi connectivity index (χ0) is 14.7. The molecule has 20 heavy (non-hydrogen) atoms. The van der Waals surface area contributed by atoms with Crippen LogP contribution in [0.25, 0.3) is 0 Å². The molecule has 0 aliphatic rings. The maximum absolute atomic E-state index is 12.3. The third kappa shape index (κ3) is 3.23. The zero-order valence-corrected chi connectivity index (χ0v) is 13.5. The Hall–Kier alpha value is -1.30. The highest BCUT2D eigenvalue weighted by atomic mass is 79.9. The Bertz CT molecular complexity index is 664. The molecule has 0 fully saturated rings. The Labute approximate surface area is 134 Å². The summed E-state index contributed by atoms with van der Waals surface area (Å²) in [4.78, 5) is 16.3. The first-order valence-corrected chi connectivity index (χ1v) is 7.16. The molecule has 7 heteroatoms. The molecule has 0 aliphatic heterocycles. The van der Waals surface area contributed by atoms with E-state index in [1.54, 1.807) is 31.3 Å². The van der Waals surface area contributed by atoms with Crippen LogP contribution in [-0.4, -0.2) is 17.9 Å². The van der Waals surface area contributed by atoms with E-state index in [9.17, 15) is 4.79 Å². The Morgan fingerprint density at radius 2 is 2.05 bits per heavy atom. The fourth-order valence-electron chi connectivity index (χ4n) is 1.54. The summed E-state index contributed by atoms with van der Waals surface area (Å²) >= 11 is 15.3. The fraction of sp³-hybridized carbons (Fsp3) is 0.0769. The summed E-state index contributed by atoms with van der Waals surface area (Å²) in [5, 5.41) is 6.39. The predicted octanol–water partition coefficient (Wildman–Crippen LogP) is 4.44. The van der Waals surface area contributed by atoms with Crippen LogP contribution in [0.3, 0.4) is 0 Å². The first kappa shape index (κ1) is 15.1. The first-order chi connectivity index (χ1) is 9.52. The van der Waals surface area contributed by atoms with Crippen LogP contribution < -0.4 is 10.6 Å². The molecule has 0 bridgehead atoms. The van der Waals surface area contributed by atoms with Crippen LogP contribution in [0.5, 0.6) is 0 Å². The van der Waals surface area contributed by atoms with Gasteiger partial charge in [0.2, 0.25) is 0 Å². The minimum Gasteiger partial charge on any atom is -0.373 e. The van der Waals surface area contributed by atoms with E-state index in [0.717, 1.165) is 0 Å². The van der Waals surface area contributed by atoms with Gasteiger partial charge in [0, 0.05) is 13.2 Å². The summed E-state index contributed by atoms with van der Waals surface area (Å²) in [5.74, 6) is 0.224. The van der Waals surface area contributed by atoms with E-state index < -0.39 is 0 Å². The van der Waals surface area contributed by atoms with E-state index in [4.69, 9.17) is 23.2 Å². The van der Waals surface area contributed by atoms with Crippen molar-refractivity contribution in [2.75, 3.05) is 17.7 Å². The molecule has 0 atom stereocenters. The summed E-state index contributed by atoms with van der Waals surface area (Å²) in [6.45, 7) is 0. The number of carbonyl (C=O) groups is 1. The average molecular weight is 375 g/mol. The zero-order valence-electron chi connectivity index (χ0n) is 10.4. The predicted molar refractivity (Wildman–Crippen MR) is 85.9 cm³/mol. The van der Waals surface area contributed by atoms with Crippen LogP contribution >= 0.6 is 39.1 Å². The number of rotatable bonds is 3. The quantitative estimate of drug-likeness (QED) is 0.834. The van der Waals surface area contributed by atoms with Crippen molar-refractivity contribution in [1.82, 2.24) is 4.98 Å². The van der Waals surface area contributed by atoms with Crippen LogP contribution in [0, 0.1) is 0 Å². The molecular formula is C13H10BrCl2N3O. The molecule has 0 spiro atoms. The van der Waals surface area contributed by atoms with Crippen molar-refractivity contribution in [3.63, 3.8) is 0 Å². The van der Waals surface area contributed by atoms with Crippen LogP contribution in [-0.2, 0) is 0 Å². The SMILES string of the molecule is CNc1cc(C(=O)Nc2cccc(Cl)c2Br)c(Cl)cn1. The van der Waals surface area contributed by atoms with Gasteiger partial charge in [-0.25, -0.2) is 4.98 Å². The molecule has 1 aromatic heterocycles. The Morgan fingerprint density at radius 1 is 1.30 bits per heavy atom. The number of hydrogen-bond donors (Lipinski definition) is 2. The number of nitrogens with zero attached hydrogens (tertiary/aromatic N) is 1. The molecule has 2 rings (SSSR count). The summed E-state index contributed by atoms with van der Waals surface area (Å²) in [5.41, 5.74) is 0.902. The van der Waals surface area contributed by atoms with Crippen LogP contribution in [0.2, 0.25) is 10.0 Å². The van der Waals surface area contributed by atoms with Crippen molar-refractivity contribution in [1.29, 1.82) is 0 Å². The lowest BCUT2D eigenvalue weighted by molar-refractivity contribution is 0.102. The number of anilines is 2. The van der Waals surface area contributed by atoms with Crippen molar-refractivity contribution < 1.29 is 4.79 Å². The number of amides is 1. The van der Waals surface area contributed by atoms with E-state index in [-0.39, 0.29) is 10.9 Å². The van der Waals surface area contributed by atoms with Crippen LogP contribution in [0.4, 0.5) is 11.5 Å². The van der Waals surface area contributed by atoms with E-state index in [1.807, 2.05) is 0 Å². The number of aromatic nitrogens is 1. The third-order valence-corrected chi connectivity index (χ3v) is 4.25. The normalized spacial score (nSPS) is 10.2. The molecule has 0 radical (unpaired) electrons. The summed E-state index contributed by atoms with van der Waals surface area (Å²) in [6.07, 6.45) is 1.43. The van der Waals surface area contributed by atoms with E-state index in [2.05, 4.69) is 31.5 Å². The second-order valence-corrected chi connectivity index (χ2v) is 5.46. The molecule has 1 amide bonds. The minimum atomic E-state index is -0.336. The van der Waals surface area contributed by atoms with Gasteiger partial charge in [0.25, 0.3) is 5.91 Å².